The SMILES string of the molecule is Cc1ccc(NC(=O)CSc2nc(C)cc(C)n2)nc1. The van der Waals surface area contributed by atoms with Gasteiger partial charge in [-0.3, -0.25) is 4.79 Å². The van der Waals surface area contributed by atoms with Crippen LogP contribution >= 0.6 is 11.8 Å². The molecule has 2 rings (SSSR count). The molecule has 0 saturated heterocycles. The molecule has 0 aliphatic heterocycles. The van der Waals surface area contributed by atoms with Gasteiger partial charge in [0.05, 0.1) is 5.75 Å². The second kappa shape index (κ2) is 6.47. The summed E-state index contributed by atoms with van der Waals surface area (Å²) in [6, 6.07) is 5.59. The van der Waals surface area contributed by atoms with Crippen LogP contribution in [-0.2, 0) is 4.79 Å². The Balaban J connectivity index is 1.90. The van der Waals surface area contributed by atoms with Gasteiger partial charge < -0.3 is 5.32 Å². The van der Waals surface area contributed by atoms with E-state index in [9.17, 15) is 4.79 Å². The Morgan fingerprint density at radius 3 is 2.50 bits per heavy atom. The number of nitrogens with zero attached hydrogens (tertiary/aromatic N) is 3. The first kappa shape index (κ1) is 14.5. The molecule has 1 amide bonds. The first-order valence-electron chi connectivity index (χ1n) is 6.20. The highest BCUT2D eigenvalue weighted by molar-refractivity contribution is 7.99. The van der Waals surface area contributed by atoms with Crippen LogP contribution in [0.1, 0.15) is 17.0 Å². The van der Waals surface area contributed by atoms with Gasteiger partial charge in [0.1, 0.15) is 5.82 Å². The van der Waals surface area contributed by atoms with Crippen LogP contribution in [0.3, 0.4) is 0 Å². The van der Waals surface area contributed by atoms with E-state index in [0.29, 0.717) is 11.0 Å². The molecule has 2 heterocycles. The van der Waals surface area contributed by atoms with Crippen LogP contribution in [0.15, 0.2) is 29.6 Å². The van der Waals surface area contributed by atoms with Gasteiger partial charge >= 0.3 is 0 Å². The summed E-state index contributed by atoms with van der Waals surface area (Å²) < 4.78 is 0. The standard InChI is InChI=1S/C14H16N4OS/c1-9-4-5-12(15-7-9)18-13(19)8-20-14-16-10(2)6-11(3)17-14/h4-7H,8H2,1-3H3,(H,15,18,19). The first-order valence-corrected chi connectivity index (χ1v) is 7.19. The lowest BCUT2D eigenvalue weighted by Gasteiger charge is -2.05. The summed E-state index contributed by atoms with van der Waals surface area (Å²) in [5.41, 5.74) is 2.86. The quantitative estimate of drug-likeness (QED) is 0.691. The van der Waals surface area contributed by atoms with Crippen LogP contribution in [0.4, 0.5) is 5.82 Å². The summed E-state index contributed by atoms with van der Waals surface area (Å²) in [5.74, 6) is 0.704. The molecule has 0 unspecified atom stereocenters. The highest BCUT2D eigenvalue weighted by Gasteiger charge is 2.07. The fraction of sp³-hybridized carbons (Fsp3) is 0.286. The number of carbonyl (C=O) groups excluding carboxylic acids is 1. The number of aromatic nitrogens is 3. The van der Waals surface area contributed by atoms with Crippen LogP contribution in [-0.4, -0.2) is 26.6 Å². The molecule has 2 aromatic heterocycles. The van der Waals surface area contributed by atoms with Crippen molar-refractivity contribution in [3.8, 4) is 0 Å². The molecule has 6 heteroatoms. The van der Waals surface area contributed by atoms with Crippen molar-refractivity contribution in [1.82, 2.24) is 15.0 Å². The molecule has 0 radical (unpaired) electrons. The van der Waals surface area contributed by atoms with Crippen molar-refractivity contribution in [2.45, 2.75) is 25.9 Å². The number of anilines is 1. The Hall–Kier alpha value is -1.95. The Bertz CT molecular complexity index is 593. The number of nitrogens with one attached hydrogen (secondary N) is 1. The predicted molar refractivity (Wildman–Crippen MR) is 79.8 cm³/mol. The maximum Gasteiger partial charge on any atom is 0.236 e. The molecule has 0 fully saturated rings. The molecular formula is C14H16N4OS. The number of thioether (sulfide) groups is 1. The molecule has 0 bridgehead atoms. The Kier molecular flexibility index (Phi) is 4.68. The molecule has 0 saturated carbocycles. The summed E-state index contributed by atoms with van der Waals surface area (Å²) in [4.78, 5) is 24.5. The number of pyridine rings is 1. The van der Waals surface area contributed by atoms with E-state index in [4.69, 9.17) is 0 Å². The van der Waals surface area contributed by atoms with Crippen molar-refractivity contribution in [1.29, 1.82) is 0 Å². The van der Waals surface area contributed by atoms with Crippen molar-refractivity contribution in [2.24, 2.45) is 0 Å². The lowest BCUT2D eigenvalue weighted by atomic mass is 10.3. The van der Waals surface area contributed by atoms with E-state index < -0.39 is 0 Å². The lowest BCUT2D eigenvalue weighted by Crippen LogP contribution is -2.15. The van der Waals surface area contributed by atoms with Crippen LogP contribution < -0.4 is 5.32 Å². The second-order valence-corrected chi connectivity index (χ2v) is 5.43. The highest BCUT2D eigenvalue weighted by atomic mass is 32.2. The van der Waals surface area contributed by atoms with Gasteiger partial charge in [0.25, 0.3) is 0 Å². The average Bonchev–Trinajstić information content (AvgIpc) is 2.38. The van der Waals surface area contributed by atoms with E-state index in [1.165, 1.54) is 11.8 Å². The predicted octanol–water partition coefficient (Wildman–Crippen LogP) is 2.53. The third-order valence-electron chi connectivity index (χ3n) is 2.47. The molecule has 0 aliphatic rings. The largest absolute Gasteiger partial charge is 0.310 e. The Morgan fingerprint density at radius 2 is 1.90 bits per heavy atom. The van der Waals surface area contributed by atoms with Crippen molar-refractivity contribution in [3.63, 3.8) is 0 Å². The van der Waals surface area contributed by atoms with E-state index in [1.54, 1.807) is 12.3 Å². The fourth-order valence-corrected chi connectivity index (χ4v) is 2.36. The minimum absolute atomic E-state index is 0.117. The number of hydrogen-bond donors (Lipinski definition) is 1. The minimum atomic E-state index is -0.117. The number of aryl methyl sites for hydroxylation is 3. The number of amides is 1. The zero-order chi connectivity index (χ0) is 14.5. The topological polar surface area (TPSA) is 67.8 Å². The molecule has 2 aromatic rings. The molecular weight excluding hydrogens is 272 g/mol. The number of hydrogen-bond acceptors (Lipinski definition) is 5. The molecule has 104 valence electrons. The van der Waals surface area contributed by atoms with Gasteiger partial charge in [-0.15, -0.1) is 0 Å². The summed E-state index contributed by atoms with van der Waals surface area (Å²) >= 11 is 1.32. The first-order chi connectivity index (χ1) is 9.52. The highest BCUT2D eigenvalue weighted by Crippen LogP contribution is 2.14. The molecule has 0 spiro atoms. The average molecular weight is 288 g/mol. The van der Waals surface area contributed by atoms with E-state index in [-0.39, 0.29) is 11.7 Å². The van der Waals surface area contributed by atoms with Gasteiger partial charge in [0.15, 0.2) is 5.16 Å². The normalized spacial score (nSPS) is 10.3. The van der Waals surface area contributed by atoms with Gasteiger partial charge in [0, 0.05) is 17.6 Å². The zero-order valence-electron chi connectivity index (χ0n) is 11.7. The van der Waals surface area contributed by atoms with E-state index in [1.807, 2.05) is 32.9 Å². The summed E-state index contributed by atoms with van der Waals surface area (Å²) in [6.45, 7) is 5.77. The summed E-state index contributed by atoms with van der Waals surface area (Å²) in [5, 5.41) is 3.36. The maximum atomic E-state index is 11.8. The van der Waals surface area contributed by atoms with Crippen molar-refractivity contribution in [3.05, 3.63) is 41.3 Å². The smallest absolute Gasteiger partial charge is 0.236 e. The van der Waals surface area contributed by atoms with Gasteiger partial charge in [-0.05, 0) is 38.5 Å². The van der Waals surface area contributed by atoms with Crippen molar-refractivity contribution >= 4 is 23.5 Å². The molecule has 0 aromatic carbocycles. The minimum Gasteiger partial charge on any atom is -0.310 e. The van der Waals surface area contributed by atoms with Crippen LogP contribution in [0.2, 0.25) is 0 Å². The molecule has 0 aliphatic carbocycles. The van der Waals surface area contributed by atoms with Gasteiger partial charge in [0.2, 0.25) is 5.91 Å². The molecule has 1 N–H and O–H groups in total. The molecule has 0 atom stereocenters. The maximum absolute atomic E-state index is 11.8. The lowest BCUT2D eigenvalue weighted by molar-refractivity contribution is -0.113. The molecule has 20 heavy (non-hydrogen) atoms. The summed E-state index contributed by atoms with van der Waals surface area (Å²) in [7, 11) is 0. The fourth-order valence-electron chi connectivity index (χ4n) is 1.61. The van der Waals surface area contributed by atoms with E-state index in [0.717, 1.165) is 17.0 Å². The monoisotopic (exact) mass is 288 g/mol. The number of carbonyl (C=O) groups is 1. The Morgan fingerprint density at radius 1 is 1.20 bits per heavy atom. The van der Waals surface area contributed by atoms with Gasteiger partial charge in [-0.1, -0.05) is 17.8 Å². The van der Waals surface area contributed by atoms with Gasteiger partial charge in [-0.25, -0.2) is 15.0 Å². The van der Waals surface area contributed by atoms with Crippen LogP contribution in [0.5, 0.6) is 0 Å². The summed E-state index contributed by atoms with van der Waals surface area (Å²) in [6.07, 6.45) is 1.72. The van der Waals surface area contributed by atoms with Crippen molar-refractivity contribution < 1.29 is 4.79 Å². The number of rotatable bonds is 4. The third-order valence-corrected chi connectivity index (χ3v) is 3.32. The van der Waals surface area contributed by atoms with Crippen LogP contribution in [0.25, 0.3) is 0 Å². The Labute approximate surface area is 122 Å². The zero-order valence-corrected chi connectivity index (χ0v) is 12.5. The third kappa shape index (κ3) is 4.31. The van der Waals surface area contributed by atoms with E-state index in [2.05, 4.69) is 20.3 Å². The van der Waals surface area contributed by atoms with Crippen molar-refractivity contribution in [2.75, 3.05) is 11.1 Å². The molecule has 5 nitrogen and oxygen atoms in total. The van der Waals surface area contributed by atoms with E-state index >= 15 is 0 Å². The second-order valence-electron chi connectivity index (χ2n) is 4.49. The van der Waals surface area contributed by atoms with Gasteiger partial charge in [-0.2, -0.15) is 0 Å². The van der Waals surface area contributed by atoms with Crippen LogP contribution in [0, 0.1) is 20.8 Å².